The molecule has 0 radical (unpaired) electrons. The van der Waals surface area contributed by atoms with Crippen molar-refractivity contribution in [2.24, 2.45) is 0 Å². The number of phenols is 1. The van der Waals surface area contributed by atoms with E-state index >= 15 is 0 Å². The Labute approximate surface area is 186 Å². The summed E-state index contributed by atoms with van der Waals surface area (Å²) in [5, 5.41) is 10.3. The van der Waals surface area contributed by atoms with Crippen LogP contribution in [-0.2, 0) is 16.9 Å². The Morgan fingerprint density at radius 3 is 2.00 bits per heavy atom. The second-order valence-electron chi connectivity index (χ2n) is 7.10. The molecule has 1 unspecified atom stereocenters. The number of pyridine rings is 1. The first-order valence-corrected chi connectivity index (χ1v) is 10.2. The molecule has 0 saturated carbocycles. The summed E-state index contributed by atoms with van der Waals surface area (Å²) >= 11 is 5.95. The van der Waals surface area contributed by atoms with E-state index in [2.05, 4.69) is 4.98 Å². The van der Waals surface area contributed by atoms with Crippen molar-refractivity contribution in [1.29, 1.82) is 0 Å². The van der Waals surface area contributed by atoms with Crippen molar-refractivity contribution in [1.82, 2.24) is 4.98 Å². The Morgan fingerprint density at radius 2 is 1.42 bits per heavy atom. The number of rotatable bonds is 7. The highest BCUT2D eigenvalue weighted by molar-refractivity contribution is 6.29. The summed E-state index contributed by atoms with van der Waals surface area (Å²) in [5.74, 6) is 0.959. The van der Waals surface area contributed by atoms with E-state index in [-0.39, 0.29) is 5.75 Å². The van der Waals surface area contributed by atoms with Crippen LogP contribution in [-0.4, -0.2) is 17.2 Å². The second-order valence-corrected chi connectivity index (χ2v) is 7.49. The lowest BCUT2D eigenvalue weighted by Gasteiger charge is -2.36. The molecule has 1 aromatic heterocycles. The maximum atomic E-state index is 9.89. The van der Waals surface area contributed by atoms with Crippen molar-refractivity contribution in [2.45, 2.75) is 12.2 Å². The van der Waals surface area contributed by atoms with Crippen LogP contribution in [0.3, 0.4) is 0 Å². The molecule has 0 aliphatic carbocycles. The maximum absolute atomic E-state index is 9.89. The summed E-state index contributed by atoms with van der Waals surface area (Å²) in [4.78, 5) is 4.17. The SMILES string of the molecule is COc1ccc(C(OCc2ccc(Cl)nc2)(c2ccccc2)c2ccc(O)cc2)cc1. The topological polar surface area (TPSA) is 51.6 Å². The molecule has 0 amide bonds. The molecule has 0 saturated heterocycles. The molecule has 5 heteroatoms. The van der Waals surface area contributed by atoms with Crippen molar-refractivity contribution >= 4 is 11.6 Å². The Hall–Kier alpha value is -3.34. The molecule has 0 aliphatic heterocycles. The van der Waals surface area contributed by atoms with Crippen LogP contribution < -0.4 is 4.74 Å². The van der Waals surface area contributed by atoms with E-state index in [1.165, 1.54) is 0 Å². The van der Waals surface area contributed by atoms with Gasteiger partial charge in [0, 0.05) is 6.20 Å². The molecule has 31 heavy (non-hydrogen) atoms. The summed E-state index contributed by atoms with van der Waals surface area (Å²) in [5.41, 5.74) is 2.78. The molecule has 4 rings (SSSR count). The van der Waals surface area contributed by atoms with E-state index < -0.39 is 5.60 Å². The van der Waals surface area contributed by atoms with Gasteiger partial charge in [0.05, 0.1) is 13.7 Å². The quantitative estimate of drug-likeness (QED) is 0.290. The number of aromatic nitrogens is 1. The van der Waals surface area contributed by atoms with Crippen LogP contribution >= 0.6 is 11.6 Å². The molecule has 0 bridgehead atoms. The van der Waals surface area contributed by atoms with Gasteiger partial charge in [-0.1, -0.05) is 72.3 Å². The van der Waals surface area contributed by atoms with E-state index in [9.17, 15) is 5.11 Å². The molecule has 1 N–H and O–H groups in total. The highest BCUT2D eigenvalue weighted by Gasteiger charge is 2.37. The number of methoxy groups -OCH3 is 1. The van der Waals surface area contributed by atoms with Gasteiger partial charge < -0.3 is 14.6 Å². The fourth-order valence-corrected chi connectivity index (χ4v) is 3.74. The second kappa shape index (κ2) is 9.21. The van der Waals surface area contributed by atoms with Crippen molar-refractivity contribution in [3.63, 3.8) is 0 Å². The number of hydrogen-bond donors (Lipinski definition) is 1. The predicted octanol–water partition coefficient (Wildman–Crippen LogP) is 5.96. The summed E-state index contributed by atoms with van der Waals surface area (Å²) in [7, 11) is 1.64. The molecular weight excluding hydrogens is 410 g/mol. The number of aromatic hydroxyl groups is 1. The van der Waals surface area contributed by atoms with Gasteiger partial charge in [-0.15, -0.1) is 0 Å². The van der Waals surface area contributed by atoms with E-state index in [0.717, 1.165) is 28.0 Å². The third-order valence-electron chi connectivity index (χ3n) is 5.19. The normalized spacial score (nSPS) is 12.8. The number of nitrogens with zero attached hydrogens (tertiary/aromatic N) is 1. The van der Waals surface area contributed by atoms with Gasteiger partial charge >= 0.3 is 0 Å². The van der Waals surface area contributed by atoms with E-state index in [4.69, 9.17) is 21.1 Å². The van der Waals surface area contributed by atoms with Crippen LogP contribution in [0.25, 0.3) is 0 Å². The Balaban J connectivity index is 1.88. The summed E-state index contributed by atoms with van der Waals surface area (Å²) in [6.07, 6.45) is 1.71. The first-order chi connectivity index (χ1) is 15.1. The Kier molecular flexibility index (Phi) is 6.21. The van der Waals surface area contributed by atoms with Crippen LogP contribution in [0, 0.1) is 0 Å². The van der Waals surface area contributed by atoms with Crippen LogP contribution in [0.5, 0.6) is 11.5 Å². The highest BCUT2D eigenvalue weighted by atomic mass is 35.5. The van der Waals surface area contributed by atoms with Gasteiger partial charge in [-0.05, 0) is 52.6 Å². The van der Waals surface area contributed by atoms with Gasteiger partial charge in [0.1, 0.15) is 22.3 Å². The average Bonchev–Trinajstić information content (AvgIpc) is 2.82. The van der Waals surface area contributed by atoms with E-state index in [1.807, 2.05) is 72.8 Å². The van der Waals surface area contributed by atoms with Crippen LogP contribution in [0.4, 0.5) is 0 Å². The molecule has 0 spiro atoms. The molecular formula is C26H22ClNO3. The molecule has 0 fully saturated rings. The van der Waals surface area contributed by atoms with Gasteiger partial charge in [0.25, 0.3) is 0 Å². The average molecular weight is 432 g/mol. The summed E-state index contributed by atoms with van der Waals surface area (Å²) in [6, 6.07) is 28.6. The van der Waals surface area contributed by atoms with E-state index in [0.29, 0.717) is 11.8 Å². The van der Waals surface area contributed by atoms with Gasteiger partial charge in [-0.3, -0.25) is 0 Å². The molecule has 4 nitrogen and oxygen atoms in total. The van der Waals surface area contributed by atoms with Gasteiger partial charge in [-0.2, -0.15) is 0 Å². The third kappa shape index (κ3) is 4.41. The monoisotopic (exact) mass is 431 g/mol. The molecule has 0 aliphatic rings. The predicted molar refractivity (Wildman–Crippen MR) is 121 cm³/mol. The van der Waals surface area contributed by atoms with Gasteiger partial charge in [0.2, 0.25) is 0 Å². The van der Waals surface area contributed by atoms with Crippen LogP contribution in [0.2, 0.25) is 5.15 Å². The molecule has 3 aromatic carbocycles. The minimum absolute atomic E-state index is 0.197. The van der Waals surface area contributed by atoms with Gasteiger partial charge in [-0.25, -0.2) is 4.98 Å². The largest absolute Gasteiger partial charge is 0.508 e. The highest BCUT2D eigenvalue weighted by Crippen LogP contribution is 2.42. The first kappa shape index (κ1) is 20.9. The maximum Gasteiger partial charge on any atom is 0.144 e. The zero-order valence-corrected chi connectivity index (χ0v) is 17.8. The minimum atomic E-state index is -0.916. The lowest BCUT2D eigenvalue weighted by Crippen LogP contribution is -2.32. The fourth-order valence-electron chi connectivity index (χ4n) is 3.63. The zero-order valence-electron chi connectivity index (χ0n) is 17.0. The van der Waals surface area contributed by atoms with Crippen LogP contribution in [0.15, 0.2) is 97.2 Å². The van der Waals surface area contributed by atoms with Crippen molar-refractivity contribution in [2.75, 3.05) is 7.11 Å². The first-order valence-electron chi connectivity index (χ1n) is 9.86. The number of benzene rings is 3. The minimum Gasteiger partial charge on any atom is -0.508 e. The summed E-state index contributed by atoms with van der Waals surface area (Å²) < 4.78 is 12.1. The third-order valence-corrected chi connectivity index (χ3v) is 5.42. The molecule has 1 heterocycles. The number of hydrogen-bond acceptors (Lipinski definition) is 4. The zero-order chi connectivity index (χ0) is 21.7. The van der Waals surface area contributed by atoms with Crippen molar-refractivity contribution in [3.05, 3.63) is 125 Å². The van der Waals surface area contributed by atoms with E-state index in [1.54, 1.807) is 31.5 Å². The lowest BCUT2D eigenvalue weighted by molar-refractivity contribution is 0.0000750. The Morgan fingerprint density at radius 1 is 0.806 bits per heavy atom. The summed E-state index contributed by atoms with van der Waals surface area (Å²) in [6.45, 7) is 0.311. The lowest BCUT2D eigenvalue weighted by atomic mass is 9.80. The number of phenolic OH excluding ortho intramolecular Hbond substituents is 1. The standard InChI is InChI=1S/C26H22ClNO3/c1-30-24-14-10-22(11-15-24)26(20-5-3-2-4-6-20,21-8-12-23(29)13-9-21)31-18-19-7-16-25(27)28-17-19/h2-17,29H,18H2,1H3. The smallest absolute Gasteiger partial charge is 0.144 e. The van der Waals surface area contributed by atoms with Crippen LogP contribution in [0.1, 0.15) is 22.3 Å². The fraction of sp³-hybridized carbons (Fsp3) is 0.115. The molecule has 156 valence electrons. The van der Waals surface area contributed by atoms with Gasteiger partial charge in [0.15, 0.2) is 0 Å². The van der Waals surface area contributed by atoms with Crippen molar-refractivity contribution < 1.29 is 14.6 Å². The number of halogens is 1. The number of ether oxygens (including phenoxy) is 2. The Bertz CT molecular complexity index is 1110. The molecule has 4 aromatic rings. The molecule has 1 atom stereocenters. The van der Waals surface area contributed by atoms with Crippen molar-refractivity contribution in [3.8, 4) is 11.5 Å².